The number of fused-ring (bicyclic) bond motifs is 1. The van der Waals surface area contributed by atoms with Crippen LogP contribution in [0.1, 0.15) is 12.5 Å². The third-order valence-electron chi connectivity index (χ3n) is 6.92. The van der Waals surface area contributed by atoms with E-state index in [1.165, 1.54) is 16.7 Å². The van der Waals surface area contributed by atoms with Gasteiger partial charge in [-0.25, -0.2) is 8.78 Å². The molecule has 0 unspecified atom stereocenters. The molecule has 0 saturated heterocycles. The van der Waals surface area contributed by atoms with E-state index in [2.05, 4.69) is 5.32 Å². The molecular formula is C32H26F2N4O4. The van der Waals surface area contributed by atoms with Gasteiger partial charge in [-0.3, -0.25) is 29.0 Å². The number of nitrogens with two attached hydrogens (primary N) is 1. The average molecular weight is 569 g/mol. The van der Waals surface area contributed by atoms with E-state index in [1.54, 1.807) is 84.9 Å². The standard InChI is InChI=1S/C32H26F2N4O4/c1-20(36-28(39)18-21-16-22(33)19-23(34)17-21)29(40)32(35)30(41)37(24-10-4-2-5-11-24)26-14-8-9-15-27(26)38(31(32)42)25-12-6-3-7-13-25/h2-17,19-20H,18,35H2,1H3,(H,36,39)/t20-/m0/s1. The van der Waals surface area contributed by atoms with Gasteiger partial charge < -0.3 is 11.1 Å². The van der Waals surface area contributed by atoms with Crippen molar-refractivity contribution in [3.63, 3.8) is 0 Å². The molecule has 0 bridgehead atoms. The van der Waals surface area contributed by atoms with Crippen molar-refractivity contribution in [1.29, 1.82) is 0 Å². The van der Waals surface area contributed by atoms with E-state index in [1.807, 2.05) is 0 Å². The molecule has 212 valence electrons. The first-order valence-corrected chi connectivity index (χ1v) is 13.1. The number of hydrogen-bond donors (Lipinski definition) is 2. The summed E-state index contributed by atoms with van der Waals surface area (Å²) in [6.07, 6.45) is -0.455. The molecule has 1 atom stereocenters. The molecule has 0 aliphatic carbocycles. The van der Waals surface area contributed by atoms with Crippen molar-refractivity contribution < 1.29 is 28.0 Å². The SMILES string of the molecule is C[C@H](NC(=O)Cc1cc(F)cc(F)c1)C(=O)C1(N)C(=O)N(c2ccccc2)c2ccccc2N(c2ccccc2)C1=O. The van der Waals surface area contributed by atoms with E-state index < -0.39 is 53.1 Å². The van der Waals surface area contributed by atoms with Gasteiger partial charge in [-0.1, -0.05) is 48.5 Å². The van der Waals surface area contributed by atoms with Gasteiger partial charge in [0.25, 0.3) is 11.8 Å². The van der Waals surface area contributed by atoms with Gasteiger partial charge in [0.15, 0.2) is 5.78 Å². The predicted octanol–water partition coefficient (Wildman–Crippen LogP) is 4.32. The summed E-state index contributed by atoms with van der Waals surface area (Å²) in [7, 11) is 0. The number of Topliss-reactive ketones (excluding diaryl/α,β-unsaturated/α-hetero) is 1. The summed E-state index contributed by atoms with van der Waals surface area (Å²) in [5.74, 6) is -5.57. The second-order valence-electron chi connectivity index (χ2n) is 9.86. The van der Waals surface area contributed by atoms with Gasteiger partial charge in [0.1, 0.15) is 11.6 Å². The second-order valence-corrected chi connectivity index (χ2v) is 9.86. The van der Waals surface area contributed by atoms with E-state index in [0.29, 0.717) is 28.8 Å². The second kappa shape index (κ2) is 11.3. The molecule has 1 heterocycles. The summed E-state index contributed by atoms with van der Waals surface area (Å²) in [5, 5.41) is 2.43. The maximum absolute atomic E-state index is 14.4. The van der Waals surface area contributed by atoms with Gasteiger partial charge in [-0.05, 0) is 61.0 Å². The molecule has 0 fully saturated rings. The summed E-state index contributed by atoms with van der Waals surface area (Å²) in [6.45, 7) is 1.29. The molecule has 8 nitrogen and oxygen atoms in total. The van der Waals surface area contributed by atoms with E-state index in [0.717, 1.165) is 12.1 Å². The van der Waals surface area contributed by atoms with Gasteiger partial charge in [0, 0.05) is 17.4 Å². The average Bonchev–Trinajstić information content (AvgIpc) is 3.04. The predicted molar refractivity (Wildman–Crippen MR) is 153 cm³/mol. The van der Waals surface area contributed by atoms with Crippen LogP contribution in [-0.2, 0) is 25.6 Å². The van der Waals surface area contributed by atoms with Crippen LogP contribution >= 0.6 is 0 Å². The van der Waals surface area contributed by atoms with Crippen LogP contribution in [0, 0.1) is 11.6 Å². The first-order chi connectivity index (χ1) is 20.1. The molecule has 0 aromatic heterocycles. The van der Waals surface area contributed by atoms with Gasteiger partial charge in [0.2, 0.25) is 11.4 Å². The molecule has 4 aromatic rings. The normalized spacial score (nSPS) is 15.0. The molecule has 0 saturated carbocycles. The highest BCUT2D eigenvalue weighted by Gasteiger charge is 2.57. The minimum atomic E-state index is -2.78. The summed E-state index contributed by atoms with van der Waals surface area (Å²) in [6, 6.07) is 24.8. The molecular weight excluding hydrogens is 542 g/mol. The lowest BCUT2D eigenvalue weighted by Gasteiger charge is -2.32. The van der Waals surface area contributed by atoms with Crippen molar-refractivity contribution in [2.45, 2.75) is 24.9 Å². The van der Waals surface area contributed by atoms with E-state index in [4.69, 9.17) is 5.73 Å². The Kier molecular flexibility index (Phi) is 7.64. The molecule has 0 radical (unpaired) electrons. The smallest absolute Gasteiger partial charge is 0.269 e. The fraction of sp³-hybridized carbons (Fsp3) is 0.125. The van der Waals surface area contributed by atoms with Gasteiger partial charge >= 0.3 is 0 Å². The monoisotopic (exact) mass is 568 g/mol. The van der Waals surface area contributed by atoms with Crippen LogP contribution in [0.2, 0.25) is 0 Å². The van der Waals surface area contributed by atoms with Crippen molar-refractivity contribution in [3.8, 4) is 0 Å². The van der Waals surface area contributed by atoms with Crippen molar-refractivity contribution in [2.75, 3.05) is 9.80 Å². The molecule has 42 heavy (non-hydrogen) atoms. The highest BCUT2D eigenvalue weighted by atomic mass is 19.1. The first kappa shape index (κ1) is 28.3. The van der Waals surface area contributed by atoms with Crippen LogP contribution < -0.4 is 20.9 Å². The van der Waals surface area contributed by atoms with Crippen LogP contribution in [-0.4, -0.2) is 35.1 Å². The number of para-hydroxylation sites is 4. The molecule has 1 aliphatic rings. The Bertz CT molecular complexity index is 1580. The number of benzene rings is 4. The lowest BCUT2D eigenvalue weighted by Crippen LogP contribution is -2.70. The molecule has 10 heteroatoms. The minimum absolute atomic E-state index is 0.0367. The summed E-state index contributed by atoms with van der Waals surface area (Å²) >= 11 is 0. The minimum Gasteiger partial charge on any atom is -0.346 e. The van der Waals surface area contributed by atoms with Gasteiger partial charge in [-0.2, -0.15) is 0 Å². The summed E-state index contributed by atoms with van der Waals surface area (Å²) in [4.78, 5) is 58.0. The number of rotatable bonds is 7. The Morgan fingerprint density at radius 2 is 1.19 bits per heavy atom. The molecule has 4 aromatic carbocycles. The Labute approximate surface area is 240 Å². The third-order valence-corrected chi connectivity index (χ3v) is 6.92. The van der Waals surface area contributed by atoms with Crippen LogP contribution in [0.15, 0.2) is 103 Å². The highest BCUT2D eigenvalue weighted by Crippen LogP contribution is 2.43. The maximum atomic E-state index is 14.4. The number of amides is 3. The number of ketones is 1. The Morgan fingerprint density at radius 1 is 0.762 bits per heavy atom. The lowest BCUT2D eigenvalue weighted by atomic mass is 9.87. The largest absolute Gasteiger partial charge is 0.346 e. The number of carbonyl (C=O) groups excluding carboxylic acids is 4. The van der Waals surface area contributed by atoms with E-state index in [-0.39, 0.29) is 5.56 Å². The zero-order valence-corrected chi connectivity index (χ0v) is 22.5. The topological polar surface area (TPSA) is 113 Å². The van der Waals surface area contributed by atoms with Gasteiger partial charge in [0.05, 0.1) is 23.8 Å². The number of carbonyl (C=O) groups is 4. The van der Waals surface area contributed by atoms with Gasteiger partial charge in [-0.15, -0.1) is 0 Å². The van der Waals surface area contributed by atoms with Crippen molar-refractivity contribution in [3.05, 3.63) is 120 Å². The van der Waals surface area contributed by atoms with Crippen molar-refractivity contribution in [2.24, 2.45) is 5.73 Å². The van der Waals surface area contributed by atoms with E-state index >= 15 is 0 Å². The number of halogens is 2. The fourth-order valence-electron chi connectivity index (χ4n) is 4.98. The number of nitrogens with one attached hydrogen (secondary N) is 1. The van der Waals surface area contributed by atoms with Crippen LogP contribution in [0.3, 0.4) is 0 Å². The quantitative estimate of drug-likeness (QED) is 0.323. The van der Waals surface area contributed by atoms with Crippen LogP contribution in [0.4, 0.5) is 31.5 Å². The fourth-order valence-corrected chi connectivity index (χ4v) is 4.98. The Balaban J connectivity index is 1.57. The van der Waals surface area contributed by atoms with Crippen molar-refractivity contribution >= 4 is 46.3 Å². The molecule has 1 aliphatic heterocycles. The maximum Gasteiger partial charge on any atom is 0.269 e. The Morgan fingerprint density at radius 3 is 1.64 bits per heavy atom. The number of nitrogens with zero attached hydrogens (tertiary/aromatic N) is 2. The summed E-state index contributed by atoms with van der Waals surface area (Å²) < 4.78 is 27.3. The molecule has 3 amide bonds. The molecule has 0 spiro atoms. The molecule has 5 rings (SSSR count). The Hall–Kier alpha value is -5.22. The lowest BCUT2D eigenvalue weighted by molar-refractivity contribution is -0.143. The number of anilines is 4. The highest BCUT2D eigenvalue weighted by molar-refractivity contribution is 6.39. The van der Waals surface area contributed by atoms with Crippen LogP contribution in [0.5, 0.6) is 0 Å². The zero-order valence-electron chi connectivity index (χ0n) is 22.5. The third kappa shape index (κ3) is 5.15. The zero-order chi connectivity index (χ0) is 30.0. The number of hydrogen-bond acceptors (Lipinski definition) is 5. The summed E-state index contributed by atoms with van der Waals surface area (Å²) in [5.41, 5.74) is 5.24. The molecule has 3 N–H and O–H groups in total. The van der Waals surface area contributed by atoms with Crippen molar-refractivity contribution in [1.82, 2.24) is 5.32 Å². The van der Waals surface area contributed by atoms with Crippen LogP contribution in [0.25, 0.3) is 0 Å². The van der Waals surface area contributed by atoms with E-state index in [9.17, 15) is 28.0 Å². The first-order valence-electron chi connectivity index (χ1n) is 13.1.